The van der Waals surface area contributed by atoms with Crippen LogP contribution in [0, 0.1) is 11.8 Å². The second-order valence-electron chi connectivity index (χ2n) is 8.16. The summed E-state index contributed by atoms with van der Waals surface area (Å²) in [5.74, 6) is 0.0379. The monoisotopic (exact) mass is 389 g/mol. The highest BCUT2D eigenvalue weighted by Gasteiger charge is 2.29. The lowest BCUT2D eigenvalue weighted by molar-refractivity contribution is -0.127. The van der Waals surface area contributed by atoms with Crippen molar-refractivity contribution in [3.8, 4) is 0 Å². The van der Waals surface area contributed by atoms with Gasteiger partial charge in [0.05, 0.1) is 0 Å². The number of aryl methyl sites for hydroxylation is 1. The molecule has 0 radical (unpaired) electrons. The van der Waals surface area contributed by atoms with Crippen molar-refractivity contribution in [3.63, 3.8) is 0 Å². The van der Waals surface area contributed by atoms with Gasteiger partial charge in [-0.25, -0.2) is 0 Å². The van der Waals surface area contributed by atoms with Crippen LogP contribution in [0.3, 0.4) is 0 Å². The number of H-pyrrole nitrogens is 1. The smallest absolute Gasteiger partial charge is 0.247 e. The van der Waals surface area contributed by atoms with E-state index in [1.165, 1.54) is 16.5 Å². The maximum Gasteiger partial charge on any atom is 0.247 e. The van der Waals surface area contributed by atoms with Crippen LogP contribution < -0.4 is 11.5 Å². The second kappa shape index (κ2) is 10.0. The number of nitrogens with two attached hydrogens (primary N) is 2. The number of amides is 1. The Morgan fingerprint density at radius 3 is 2.61 bits per heavy atom. The quantitative estimate of drug-likeness (QED) is 0.442. The Hall–Kier alpha value is -1.89. The molecule has 28 heavy (non-hydrogen) atoms. The third-order valence-corrected chi connectivity index (χ3v) is 5.85. The van der Waals surface area contributed by atoms with E-state index in [0.717, 1.165) is 25.0 Å². The molecule has 0 fully saturated rings. The van der Waals surface area contributed by atoms with Gasteiger partial charge in [-0.2, -0.15) is 0 Å². The van der Waals surface area contributed by atoms with Gasteiger partial charge in [0.2, 0.25) is 5.91 Å². The van der Waals surface area contributed by atoms with Gasteiger partial charge in [-0.1, -0.05) is 26.8 Å². The predicted octanol–water partition coefficient (Wildman–Crippen LogP) is 2.69. The van der Waals surface area contributed by atoms with Gasteiger partial charge in [-0.15, -0.1) is 0 Å². The van der Waals surface area contributed by atoms with Crippen molar-refractivity contribution in [2.75, 3.05) is 13.7 Å². The van der Waals surface area contributed by atoms with Gasteiger partial charge >= 0.3 is 0 Å². The Bertz CT molecular complexity index is 771. The number of carbonyl (C=O) groups is 1. The Balaban J connectivity index is 2.23. The molecule has 0 bridgehead atoms. The lowest BCUT2D eigenvalue weighted by Crippen LogP contribution is -2.45. The van der Waals surface area contributed by atoms with Crippen LogP contribution in [0.5, 0.6) is 0 Å². The minimum atomic E-state index is -1.31. The first-order valence-corrected chi connectivity index (χ1v) is 10.1. The van der Waals surface area contributed by atoms with Crippen molar-refractivity contribution >= 4 is 16.8 Å². The molecule has 1 aromatic carbocycles. The first-order chi connectivity index (χ1) is 13.3. The minimum absolute atomic E-state index is 0.220. The van der Waals surface area contributed by atoms with Crippen LogP contribution in [0.4, 0.5) is 0 Å². The predicted molar refractivity (Wildman–Crippen MR) is 113 cm³/mol. The molecule has 1 aromatic heterocycles. The SMILES string of the molecule is COCCCc1c[nH]c2ccc(C(C)C(CC(N)C(O)C(N)=O)C(C)C)cc12. The maximum absolute atomic E-state index is 11.3. The number of rotatable bonds is 11. The fraction of sp³-hybridized carbons (Fsp3) is 0.591. The molecular formula is C22H35N3O3. The fourth-order valence-electron chi connectivity index (χ4n) is 4.05. The number of nitrogens with one attached hydrogen (secondary N) is 1. The Kier molecular flexibility index (Phi) is 8.04. The number of aliphatic hydroxyl groups is 1. The van der Waals surface area contributed by atoms with E-state index in [1.54, 1.807) is 7.11 Å². The number of benzene rings is 1. The zero-order valence-electron chi connectivity index (χ0n) is 17.4. The molecule has 0 spiro atoms. The van der Waals surface area contributed by atoms with E-state index in [0.29, 0.717) is 12.3 Å². The largest absolute Gasteiger partial charge is 0.385 e. The van der Waals surface area contributed by atoms with E-state index in [-0.39, 0.29) is 11.8 Å². The number of aliphatic hydroxyl groups excluding tert-OH is 1. The summed E-state index contributed by atoms with van der Waals surface area (Å²) in [5, 5.41) is 11.2. The summed E-state index contributed by atoms with van der Waals surface area (Å²) in [5.41, 5.74) is 14.9. The third-order valence-electron chi connectivity index (χ3n) is 5.85. The molecule has 6 heteroatoms. The number of hydrogen-bond donors (Lipinski definition) is 4. The first-order valence-electron chi connectivity index (χ1n) is 10.1. The molecule has 0 aliphatic heterocycles. The fourth-order valence-corrected chi connectivity index (χ4v) is 4.05. The summed E-state index contributed by atoms with van der Waals surface area (Å²) in [7, 11) is 1.72. The van der Waals surface area contributed by atoms with Crippen molar-refractivity contribution in [2.24, 2.45) is 23.3 Å². The molecular weight excluding hydrogens is 354 g/mol. The summed E-state index contributed by atoms with van der Waals surface area (Å²) >= 11 is 0. The van der Waals surface area contributed by atoms with Crippen molar-refractivity contribution in [1.29, 1.82) is 0 Å². The molecule has 4 unspecified atom stereocenters. The summed E-state index contributed by atoms with van der Waals surface area (Å²) in [6, 6.07) is 5.86. The highest BCUT2D eigenvalue weighted by molar-refractivity contribution is 5.84. The summed E-state index contributed by atoms with van der Waals surface area (Å²) in [6.45, 7) is 7.23. The van der Waals surface area contributed by atoms with Crippen LogP contribution in [0.2, 0.25) is 0 Å². The molecule has 1 amide bonds. The Morgan fingerprint density at radius 2 is 2.00 bits per heavy atom. The molecule has 0 saturated carbocycles. The molecule has 6 nitrogen and oxygen atoms in total. The van der Waals surface area contributed by atoms with Gasteiger partial charge < -0.3 is 26.3 Å². The van der Waals surface area contributed by atoms with Gasteiger partial charge in [0.25, 0.3) is 0 Å². The average Bonchev–Trinajstić information content (AvgIpc) is 3.06. The lowest BCUT2D eigenvalue weighted by Gasteiger charge is -2.31. The molecule has 6 N–H and O–H groups in total. The van der Waals surface area contributed by atoms with Crippen LogP contribution in [-0.2, 0) is 16.0 Å². The highest BCUT2D eigenvalue weighted by Crippen LogP contribution is 2.35. The molecule has 156 valence electrons. The molecule has 0 aliphatic carbocycles. The van der Waals surface area contributed by atoms with Gasteiger partial charge in [0.1, 0.15) is 6.10 Å². The van der Waals surface area contributed by atoms with Crippen molar-refractivity contribution in [2.45, 2.75) is 58.1 Å². The van der Waals surface area contributed by atoms with Gasteiger partial charge in [0, 0.05) is 36.9 Å². The van der Waals surface area contributed by atoms with E-state index < -0.39 is 18.1 Å². The van der Waals surface area contributed by atoms with E-state index in [9.17, 15) is 9.90 Å². The standard InChI is InChI=1S/C22H35N3O3/c1-13(2)17(11-19(23)21(26)22(24)27)14(3)15-7-8-20-18(10-15)16(12-25-20)6-5-9-28-4/h7-8,10,12-14,17,19,21,25-26H,5-6,9,11,23H2,1-4H3,(H2,24,27). The van der Waals surface area contributed by atoms with Crippen LogP contribution in [0.15, 0.2) is 24.4 Å². The number of primary amides is 1. The molecule has 2 aromatic rings. The van der Waals surface area contributed by atoms with Gasteiger partial charge in [-0.05, 0) is 60.3 Å². The molecule has 0 aliphatic rings. The number of ether oxygens (including phenoxy) is 1. The highest BCUT2D eigenvalue weighted by atomic mass is 16.5. The van der Waals surface area contributed by atoms with Crippen molar-refractivity contribution < 1.29 is 14.6 Å². The van der Waals surface area contributed by atoms with E-state index >= 15 is 0 Å². The Labute approximate surface area is 167 Å². The van der Waals surface area contributed by atoms with Gasteiger partial charge in [0.15, 0.2) is 0 Å². The van der Waals surface area contributed by atoms with Crippen LogP contribution >= 0.6 is 0 Å². The molecule has 1 heterocycles. The Morgan fingerprint density at radius 1 is 1.29 bits per heavy atom. The van der Waals surface area contributed by atoms with E-state index in [4.69, 9.17) is 16.2 Å². The van der Waals surface area contributed by atoms with Crippen LogP contribution in [-0.4, -0.2) is 41.9 Å². The van der Waals surface area contributed by atoms with E-state index in [2.05, 4.69) is 50.2 Å². The first kappa shape index (κ1) is 22.4. The molecule has 4 atom stereocenters. The zero-order chi connectivity index (χ0) is 20.8. The van der Waals surface area contributed by atoms with Crippen molar-refractivity contribution in [3.05, 3.63) is 35.5 Å². The van der Waals surface area contributed by atoms with E-state index in [1.807, 2.05) is 0 Å². The molecule has 0 saturated heterocycles. The van der Waals surface area contributed by atoms with Crippen molar-refractivity contribution in [1.82, 2.24) is 4.98 Å². The van der Waals surface area contributed by atoms with Crippen LogP contribution in [0.25, 0.3) is 10.9 Å². The summed E-state index contributed by atoms with van der Waals surface area (Å²) in [4.78, 5) is 14.6. The third kappa shape index (κ3) is 5.34. The second-order valence-corrected chi connectivity index (χ2v) is 8.16. The maximum atomic E-state index is 11.3. The lowest BCUT2D eigenvalue weighted by atomic mass is 9.76. The zero-order valence-corrected chi connectivity index (χ0v) is 17.4. The minimum Gasteiger partial charge on any atom is -0.385 e. The normalized spacial score (nSPS) is 16.2. The molecule has 2 rings (SSSR count). The number of aromatic amines is 1. The summed E-state index contributed by atoms with van der Waals surface area (Å²) in [6.07, 6.45) is 3.25. The average molecular weight is 390 g/mol. The number of carbonyl (C=O) groups excluding carboxylic acids is 1. The number of methoxy groups -OCH3 is 1. The number of hydrogen-bond acceptors (Lipinski definition) is 4. The number of fused-ring (bicyclic) bond motifs is 1. The van der Waals surface area contributed by atoms with Gasteiger partial charge in [-0.3, -0.25) is 4.79 Å². The van der Waals surface area contributed by atoms with Crippen LogP contribution in [0.1, 0.15) is 50.7 Å². The topological polar surface area (TPSA) is 114 Å². The number of aromatic nitrogens is 1. The summed E-state index contributed by atoms with van der Waals surface area (Å²) < 4.78 is 5.17.